The topological polar surface area (TPSA) is 83.2 Å². The van der Waals surface area contributed by atoms with E-state index in [2.05, 4.69) is 46.3 Å². The highest BCUT2D eigenvalue weighted by atomic mass is 16.5. The summed E-state index contributed by atoms with van der Waals surface area (Å²) in [5.41, 5.74) is 6.59. The van der Waals surface area contributed by atoms with Gasteiger partial charge < -0.3 is 25.6 Å². The molecule has 0 spiro atoms. The molecule has 2 unspecified atom stereocenters. The highest BCUT2D eigenvalue weighted by molar-refractivity contribution is 5.80. The van der Waals surface area contributed by atoms with Crippen molar-refractivity contribution < 1.29 is 9.53 Å². The van der Waals surface area contributed by atoms with E-state index in [9.17, 15) is 4.79 Å². The van der Waals surface area contributed by atoms with Crippen LogP contribution in [0.2, 0.25) is 0 Å². The lowest BCUT2D eigenvalue weighted by Crippen LogP contribution is -2.48. The predicted molar refractivity (Wildman–Crippen MR) is 109 cm³/mol. The molecule has 0 aliphatic carbocycles. The highest BCUT2D eigenvalue weighted by Gasteiger charge is 2.24. The molecule has 1 fully saturated rings. The lowest BCUT2D eigenvalue weighted by Gasteiger charge is -2.35. The van der Waals surface area contributed by atoms with Crippen molar-refractivity contribution in [3.63, 3.8) is 0 Å². The summed E-state index contributed by atoms with van der Waals surface area (Å²) in [7, 11) is 7.62. The predicted octanol–water partition coefficient (Wildman–Crippen LogP) is 1.46. The summed E-state index contributed by atoms with van der Waals surface area (Å²) in [6.07, 6.45) is 2.54. The Kier molecular flexibility index (Phi) is 7.91. The molecular formula is C20H33N5O2. The molecule has 7 nitrogen and oxygen atoms in total. The largest absolute Gasteiger partial charge is 0.497 e. The summed E-state index contributed by atoms with van der Waals surface area (Å²) in [6, 6.07) is 8.37. The Bertz CT molecular complexity index is 630. The van der Waals surface area contributed by atoms with E-state index in [1.807, 2.05) is 12.1 Å². The van der Waals surface area contributed by atoms with Crippen LogP contribution in [-0.2, 0) is 4.79 Å². The summed E-state index contributed by atoms with van der Waals surface area (Å²) in [4.78, 5) is 20.1. The number of amides is 1. The zero-order valence-corrected chi connectivity index (χ0v) is 16.9. The molecule has 2 atom stereocenters. The molecule has 1 aliphatic rings. The van der Waals surface area contributed by atoms with Crippen molar-refractivity contribution in [2.45, 2.75) is 25.3 Å². The second-order valence-electron chi connectivity index (χ2n) is 7.31. The molecule has 0 radical (unpaired) electrons. The monoisotopic (exact) mass is 375 g/mol. The van der Waals surface area contributed by atoms with Crippen LogP contribution in [0.15, 0.2) is 29.3 Å². The maximum Gasteiger partial charge on any atom is 0.217 e. The highest BCUT2D eigenvalue weighted by Crippen LogP contribution is 2.22. The van der Waals surface area contributed by atoms with Gasteiger partial charge in [0.25, 0.3) is 0 Å². The number of ether oxygens (including phenoxy) is 1. The van der Waals surface area contributed by atoms with Gasteiger partial charge in [0.2, 0.25) is 5.91 Å². The summed E-state index contributed by atoms with van der Waals surface area (Å²) in [5, 5.41) is 3.51. The quantitative estimate of drug-likeness (QED) is 0.557. The Hall–Kier alpha value is -2.28. The lowest BCUT2D eigenvalue weighted by atomic mass is 9.95. The zero-order valence-electron chi connectivity index (χ0n) is 16.9. The van der Waals surface area contributed by atoms with E-state index in [1.54, 1.807) is 14.2 Å². The zero-order chi connectivity index (χ0) is 19.8. The molecule has 1 heterocycles. The van der Waals surface area contributed by atoms with E-state index in [0.29, 0.717) is 12.3 Å². The first-order chi connectivity index (χ1) is 12.9. The number of nitrogens with one attached hydrogen (secondary N) is 1. The lowest BCUT2D eigenvalue weighted by molar-refractivity contribution is -0.119. The molecule has 3 N–H and O–H groups in total. The van der Waals surface area contributed by atoms with Crippen molar-refractivity contribution in [3.05, 3.63) is 29.8 Å². The van der Waals surface area contributed by atoms with Crippen molar-refractivity contribution >= 4 is 11.9 Å². The number of nitrogens with zero attached hydrogens (tertiary/aromatic N) is 3. The van der Waals surface area contributed by atoms with Gasteiger partial charge in [-0.3, -0.25) is 9.79 Å². The van der Waals surface area contributed by atoms with Crippen molar-refractivity contribution in [1.29, 1.82) is 0 Å². The molecule has 1 saturated heterocycles. The Morgan fingerprint density at radius 3 is 2.67 bits per heavy atom. The number of guanidine groups is 1. The van der Waals surface area contributed by atoms with Gasteiger partial charge in [0.1, 0.15) is 5.75 Å². The fourth-order valence-electron chi connectivity index (χ4n) is 3.65. The van der Waals surface area contributed by atoms with Crippen molar-refractivity contribution in [3.8, 4) is 5.75 Å². The first-order valence-electron chi connectivity index (χ1n) is 9.48. The first kappa shape index (κ1) is 21.0. The molecule has 150 valence electrons. The number of aliphatic imine (C=N–C) groups is 1. The van der Waals surface area contributed by atoms with Crippen molar-refractivity contribution in [2.75, 3.05) is 47.9 Å². The smallest absolute Gasteiger partial charge is 0.217 e. The molecule has 1 aliphatic heterocycles. The van der Waals surface area contributed by atoms with Crippen LogP contribution in [0.25, 0.3) is 0 Å². The van der Waals surface area contributed by atoms with Crippen LogP contribution in [0.4, 0.5) is 0 Å². The first-order valence-corrected chi connectivity index (χ1v) is 9.48. The molecule has 7 heteroatoms. The fraction of sp³-hybridized carbons (Fsp3) is 0.600. The van der Waals surface area contributed by atoms with Crippen LogP contribution >= 0.6 is 0 Å². The van der Waals surface area contributed by atoms with Crippen molar-refractivity contribution in [1.82, 2.24) is 15.1 Å². The van der Waals surface area contributed by atoms with Crippen LogP contribution in [0.3, 0.4) is 0 Å². The summed E-state index contributed by atoms with van der Waals surface area (Å²) >= 11 is 0. The van der Waals surface area contributed by atoms with Gasteiger partial charge in [-0.2, -0.15) is 0 Å². The number of methoxy groups -OCH3 is 1. The normalized spacial score (nSPS) is 19.1. The third-order valence-corrected chi connectivity index (χ3v) is 5.10. The van der Waals surface area contributed by atoms with Gasteiger partial charge >= 0.3 is 0 Å². The molecule has 0 saturated carbocycles. The number of benzene rings is 1. The number of nitrogens with two attached hydrogens (primary N) is 1. The van der Waals surface area contributed by atoms with Gasteiger partial charge in [-0.25, -0.2) is 0 Å². The van der Waals surface area contributed by atoms with Gasteiger partial charge in [-0.1, -0.05) is 12.1 Å². The van der Waals surface area contributed by atoms with Gasteiger partial charge in [0.15, 0.2) is 5.96 Å². The minimum Gasteiger partial charge on any atom is -0.497 e. The van der Waals surface area contributed by atoms with E-state index >= 15 is 0 Å². The third kappa shape index (κ3) is 6.13. The Labute approximate surface area is 162 Å². The molecule has 1 amide bonds. The van der Waals surface area contributed by atoms with Crippen molar-refractivity contribution in [2.24, 2.45) is 16.6 Å². The molecule has 0 bridgehead atoms. The summed E-state index contributed by atoms with van der Waals surface area (Å²) < 4.78 is 5.25. The molecule has 1 aromatic carbocycles. The number of hydrogen-bond donors (Lipinski definition) is 2. The number of likely N-dealkylation sites (N-methyl/N-ethyl adjacent to an activating group) is 1. The summed E-state index contributed by atoms with van der Waals surface area (Å²) in [5.74, 6) is 1.82. The molecule has 0 aromatic heterocycles. The number of primary amides is 1. The molecule has 1 aromatic rings. The second-order valence-corrected chi connectivity index (χ2v) is 7.31. The van der Waals surface area contributed by atoms with Crippen LogP contribution in [-0.4, -0.2) is 69.6 Å². The van der Waals surface area contributed by atoms with Crippen LogP contribution in [0.1, 0.15) is 30.9 Å². The molecular weight excluding hydrogens is 342 g/mol. The van der Waals surface area contributed by atoms with Gasteiger partial charge in [-0.15, -0.1) is 0 Å². The third-order valence-electron chi connectivity index (χ3n) is 5.10. The minimum absolute atomic E-state index is 0.207. The average Bonchev–Trinajstić information content (AvgIpc) is 2.65. The van der Waals surface area contributed by atoms with Gasteiger partial charge in [-0.05, 0) is 50.6 Å². The van der Waals surface area contributed by atoms with Crippen LogP contribution in [0.5, 0.6) is 5.75 Å². The second kappa shape index (κ2) is 10.2. The Morgan fingerprint density at radius 1 is 1.41 bits per heavy atom. The average molecular weight is 376 g/mol. The Morgan fingerprint density at radius 2 is 2.11 bits per heavy atom. The van der Waals surface area contributed by atoms with E-state index < -0.39 is 0 Å². The number of likely N-dealkylation sites (tertiary alicyclic amines) is 1. The standard InChI is InChI=1S/C20H33N5O2/c1-22-20(25-11-5-6-15(14-25)12-19(21)26)23-13-18(24(2)3)16-7-9-17(27-4)10-8-16/h7-10,15,18H,5-6,11-14H2,1-4H3,(H2,21,26)(H,22,23). The van der Waals surface area contributed by atoms with E-state index in [-0.39, 0.29) is 11.9 Å². The number of rotatable bonds is 7. The number of carbonyl (C=O) groups is 1. The van der Waals surface area contributed by atoms with E-state index in [0.717, 1.165) is 44.2 Å². The van der Waals surface area contributed by atoms with Gasteiger partial charge in [0.05, 0.1) is 13.2 Å². The van der Waals surface area contributed by atoms with E-state index in [1.165, 1.54) is 5.56 Å². The Balaban J connectivity index is 2.00. The maximum atomic E-state index is 11.2. The number of piperidine rings is 1. The fourth-order valence-corrected chi connectivity index (χ4v) is 3.65. The van der Waals surface area contributed by atoms with E-state index in [4.69, 9.17) is 10.5 Å². The molecule has 2 rings (SSSR count). The van der Waals surface area contributed by atoms with Gasteiger partial charge in [0, 0.05) is 33.1 Å². The minimum atomic E-state index is -0.225. The maximum absolute atomic E-state index is 11.2. The van der Waals surface area contributed by atoms with Crippen LogP contribution < -0.4 is 15.8 Å². The number of hydrogen-bond acceptors (Lipinski definition) is 4. The van der Waals surface area contributed by atoms with Crippen LogP contribution in [0, 0.1) is 5.92 Å². The summed E-state index contributed by atoms with van der Waals surface area (Å²) in [6.45, 7) is 2.50. The number of carbonyl (C=O) groups excluding carboxylic acids is 1. The molecule has 27 heavy (non-hydrogen) atoms. The SMILES string of the molecule is CN=C(NCC(c1ccc(OC)cc1)N(C)C)N1CCCC(CC(N)=O)C1.